The molecule has 55 heavy (non-hydrogen) atoms. The van der Waals surface area contributed by atoms with Crippen molar-refractivity contribution >= 4 is 52.0 Å². The summed E-state index contributed by atoms with van der Waals surface area (Å²) in [5.41, 5.74) is 5.91. The standard InChI is InChI=1S/C40H41N11O4/c41-15-3-19-50-24-27(23-44-50)35-31-12-17-43-36(31)48-40(47-35)45-28-6-4-25(5-7-28)26-13-20-49(21-14-26)18-2-1-16-42-29-8-9-30-32(22-29)39(55)51(38(30)54)33-10-11-34(52)46-37(33)53/h4-9,12,17,22-24,26,33,42H,1-3,10-11,13-14,16,18-21H2,(H,46,52,53)(H2,43,45,47,48). The van der Waals surface area contributed by atoms with Gasteiger partial charge >= 0.3 is 0 Å². The number of hydrogen-bond donors (Lipinski definition) is 4. The summed E-state index contributed by atoms with van der Waals surface area (Å²) in [6.45, 7) is 4.36. The van der Waals surface area contributed by atoms with Crippen molar-refractivity contribution in [2.45, 2.75) is 63.5 Å². The zero-order chi connectivity index (χ0) is 37.9. The number of amides is 4. The van der Waals surface area contributed by atoms with Crippen LogP contribution in [0.2, 0.25) is 0 Å². The van der Waals surface area contributed by atoms with Crippen molar-refractivity contribution < 1.29 is 19.2 Å². The van der Waals surface area contributed by atoms with E-state index in [-0.39, 0.29) is 24.0 Å². The summed E-state index contributed by atoms with van der Waals surface area (Å²) in [6.07, 6.45) is 10.3. The second-order valence-corrected chi connectivity index (χ2v) is 14.2. The maximum atomic E-state index is 13.1. The summed E-state index contributed by atoms with van der Waals surface area (Å²) < 4.78 is 1.76. The smallest absolute Gasteiger partial charge is 0.262 e. The van der Waals surface area contributed by atoms with Gasteiger partial charge in [-0.2, -0.15) is 15.3 Å². The van der Waals surface area contributed by atoms with Crippen molar-refractivity contribution in [1.82, 2.24) is 39.8 Å². The van der Waals surface area contributed by atoms with Crippen molar-refractivity contribution in [3.05, 3.63) is 83.8 Å². The fourth-order valence-electron chi connectivity index (χ4n) is 7.72. The van der Waals surface area contributed by atoms with Gasteiger partial charge < -0.3 is 20.5 Å². The summed E-state index contributed by atoms with van der Waals surface area (Å²) in [5, 5.41) is 23.2. The van der Waals surface area contributed by atoms with E-state index in [4.69, 9.17) is 10.2 Å². The number of benzene rings is 2. The molecular weight excluding hydrogens is 699 g/mol. The van der Waals surface area contributed by atoms with Crippen molar-refractivity contribution in [2.75, 3.05) is 36.8 Å². The Balaban J connectivity index is 0.783. The van der Waals surface area contributed by atoms with E-state index in [9.17, 15) is 19.2 Å². The van der Waals surface area contributed by atoms with Crippen LogP contribution < -0.4 is 16.0 Å². The molecule has 8 rings (SSSR count). The van der Waals surface area contributed by atoms with Crippen LogP contribution in [-0.2, 0) is 16.1 Å². The number of carbonyl (C=O) groups is 4. The molecule has 2 aromatic carbocycles. The summed E-state index contributed by atoms with van der Waals surface area (Å²) in [4.78, 5) is 66.2. The molecule has 2 saturated heterocycles. The minimum Gasteiger partial charge on any atom is -0.385 e. The number of nitrogens with one attached hydrogen (secondary N) is 4. The number of unbranched alkanes of at least 4 members (excludes halogenated alkanes) is 1. The second kappa shape index (κ2) is 15.5. The van der Waals surface area contributed by atoms with E-state index < -0.39 is 29.7 Å². The number of anilines is 3. The highest BCUT2D eigenvalue weighted by Crippen LogP contribution is 2.32. The Morgan fingerprint density at radius 2 is 1.69 bits per heavy atom. The number of carbonyl (C=O) groups excluding carboxylic acids is 4. The highest BCUT2D eigenvalue weighted by molar-refractivity contribution is 6.23. The van der Waals surface area contributed by atoms with Gasteiger partial charge in [0.15, 0.2) is 0 Å². The van der Waals surface area contributed by atoms with Crippen molar-refractivity contribution in [3.63, 3.8) is 0 Å². The quantitative estimate of drug-likeness (QED) is 0.0943. The van der Waals surface area contributed by atoms with Gasteiger partial charge in [0.05, 0.1) is 42.1 Å². The summed E-state index contributed by atoms with van der Waals surface area (Å²) in [6, 6.07) is 16.8. The first-order chi connectivity index (χ1) is 26.8. The van der Waals surface area contributed by atoms with Crippen LogP contribution in [0.15, 0.2) is 67.1 Å². The van der Waals surface area contributed by atoms with E-state index in [1.54, 1.807) is 29.1 Å². The van der Waals surface area contributed by atoms with Gasteiger partial charge in [-0.05, 0) is 99.6 Å². The Hall–Kier alpha value is -6.40. The van der Waals surface area contributed by atoms with Gasteiger partial charge in [0.2, 0.25) is 17.8 Å². The largest absolute Gasteiger partial charge is 0.385 e. The second-order valence-electron chi connectivity index (χ2n) is 14.2. The lowest BCUT2D eigenvalue weighted by molar-refractivity contribution is -0.136. The van der Waals surface area contributed by atoms with Gasteiger partial charge in [0.1, 0.15) is 11.7 Å². The molecule has 4 amide bonds. The zero-order valence-corrected chi connectivity index (χ0v) is 30.3. The van der Waals surface area contributed by atoms with E-state index in [1.807, 2.05) is 18.5 Å². The van der Waals surface area contributed by atoms with Crippen LogP contribution in [0.3, 0.4) is 0 Å². The number of nitriles is 1. The first-order valence-electron chi connectivity index (χ1n) is 18.8. The van der Waals surface area contributed by atoms with Gasteiger partial charge in [-0.25, -0.2) is 4.98 Å². The molecule has 3 aliphatic heterocycles. The number of imide groups is 2. The molecule has 15 nitrogen and oxygen atoms in total. The lowest BCUT2D eigenvalue weighted by Crippen LogP contribution is -2.54. The zero-order valence-electron chi connectivity index (χ0n) is 30.3. The molecule has 0 radical (unpaired) electrons. The molecule has 6 heterocycles. The predicted molar refractivity (Wildman–Crippen MR) is 204 cm³/mol. The minimum atomic E-state index is -0.969. The molecule has 4 N–H and O–H groups in total. The van der Waals surface area contributed by atoms with E-state index in [0.717, 1.165) is 90.4 Å². The molecular formula is C40H41N11O4. The Labute approximate surface area is 317 Å². The predicted octanol–water partition coefficient (Wildman–Crippen LogP) is 4.95. The molecule has 0 saturated carbocycles. The highest BCUT2D eigenvalue weighted by atomic mass is 16.2. The Morgan fingerprint density at radius 3 is 2.49 bits per heavy atom. The molecule has 1 atom stereocenters. The number of aryl methyl sites for hydroxylation is 1. The Bertz CT molecular complexity index is 2300. The highest BCUT2D eigenvalue weighted by Gasteiger charge is 2.44. The number of aromatic nitrogens is 5. The van der Waals surface area contributed by atoms with E-state index >= 15 is 0 Å². The molecule has 3 aromatic heterocycles. The van der Waals surface area contributed by atoms with Crippen LogP contribution in [0.5, 0.6) is 0 Å². The number of H-pyrrole nitrogens is 1. The molecule has 0 spiro atoms. The fourth-order valence-corrected chi connectivity index (χ4v) is 7.72. The lowest BCUT2D eigenvalue weighted by atomic mass is 9.89. The third kappa shape index (κ3) is 7.54. The number of fused-ring (bicyclic) bond motifs is 2. The lowest BCUT2D eigenvalue weighted by Gasteiger charge is -2.32. The van der Waals surface area contributed by atoms with Gasteiger partial charge in [0, 0.05) is 47.7 Å². The number of rotatable bonds is 13. The number of hydrogen-bond acceptors (Lipinski definition) is 11. The maximum Gasteiger partial charge on any atom is 0.262 e. The summed E-state index contributed by atoms with van der Waals surface area (Å²) in [7, 11) is 0. The first kappa shape index (κ1) is 35.6. The SMILES string of the molecule is N#CCCn1cc(-c2nc(Nc3ccc(C4CCN(CCCCNc5ccc6c(c5)C(=O)N(C5CCC(=O)NC5=O)C6=O)CC4)cc3)nc3[nH]ccc23)cn1. The van der Waals surface area contributed by atoms with E-state index in [1.165, 1.54) is 5.56 Å². The normalized spacial score (nSPS) is 17.7. The third-order valence-corrected chi connectivity index (χ3v) is 10.7. The van der Waals surface area contributed by atoms with Gasteiger partial charge in [-0.15, -0.1) is 0 Å². The molecule has 2 fully saturated rings. The Kier molecular flexibility index (Phi) is 10.1. The average molecular weight is 740 g/mol. The van der Waals surface area contributed by atoms with Crippen LogP contribution in [0.25, 0.3) is 22.3 Å². The van der Waals surface area contributed by atoms with Gasteiger partial charge in [-0.1, -0.05) is 12.1 Å². The molecule has 0 bridgehead atoms. The molecule has 5 aromatic rings. The average Bonchev–Trinajstić information content (AvgIpc) is 3.93. The molecule has 280 valence electrons. The number of aromatic amines is 1. The monoisotopic (exact) mass is 739 g/mol. The van der Waals surface area contributed by atoms with Crippen molar-refractivity contribution in [3.8, 4) is 17.3 Å². The third-order valence-electron chi connectivity index (χ3n) is 10.7. The number of likely N-dealkylation sites (tertiary alicyclic amines) is 1. The van der Waals surface area contributed by atoms with Crippen LogP contribution in [0.1, 0.15) is 77.1 Å². The molecule has 1 unspecified atom stereocenters. The molecule has 15 heteroatoms. The minimum absolute atomic E-state index is 0.0927. The fraction of sp³-hybridized carbons (Fsp3) is 0.350. The van der Waals surface area contributed by atoms with Crippen molar-refractivity contribution in [2.24, 2.45) is 0 Å². The number of nitrogens with zero attached hydrogens (tertiary/aromatic N) is 7. The van der Waals surface area contributed by atoms with Crippen LogP contribution in [0, 0.1) is 11.3 Å². The van der Waals surface area contributed by atoms with Crippen molar-refractivity contribution in [1.29, 1.82) is 5.26 Å². The van der Waals surface area contributed by atoms with Crippen LogP contribution in [-0.4, -0.2) is 90.4 Å². The summed E-state index contributed by atoms with van der Waals surface area (Å²) >= 11 is 0. The van der Waals surface area contributed by atoms with E-state index in [0.29, 0.717) is 24.8 Å². The first-order valence-corrected chi connectivity index (χ1v) is 18.8. The number of piperidine rings is 2. The van der Waals surface area contributed by atoms with Gasteiger partial charge in [-0.3, -0.25) is 34.1 Å². The Morgan fingerprint density at radius 1 is 0.891 bits per heavy atom. The van der Waals surface area contributed by atoms with Gasteiger partial charge in [0.25, 0.3) is 11.8 Å². The van der Waals surface area contributed by atoms with E-state index in [2.05, 4.69) is 66.3 Å². The molecule has 0 aliphatic carbocycles. The summed E-state index contributed by atoms with van der Waals surface area (Å²) in [5.74, 6) is -1.01. The maximum absolute atomic E-state index is 13.1. The van der Waals surface area contributed by atoms with Crippen LogP contribution >= 0.6 is 0 Å². The topological polar surface area (TPSA) is 194 Å². The molecule has 3 aliphatic rings. The van der Waals surface area contributed by atoms with Crippen LogP contribution in [0.4, 0.5) is 17.3 Å².